The number of amides is 1. The molecule has 1 aromatic heterocycles. The number of aromatic nitrogens is 1. The summed E-state index contributed by atoms with van der Waals surface area (Å²) in [6.45, 7) is 5.78. The predicted octanol–water partition coefficient (Wildman–Crippen LogP) is 2.02. The van der Waals surface area contributed by atoms with Crippen molar-refractivity contribution in [3.05, 3.63) is 16.1 Å². The summed E-state index contributed by atoms with van der Waals surface area (Å²) in [5, 5.41) is 6.68. The van der Waals surface area contributed by atoms with Crippen molar-refractivity contribution in [2.24, 2.45) is 5.92 Å². The molecule has 1 amide bonds. The molecule has 0 bridgehead atoms. The van der Waals surface area contributed by atoms with E-state index in [0.29, 0.717) is 11.8 Å². The molecule has 2 atom stereocenters. The number of hydrogen-bond donors (Lipinski definition) is 1. The summed E-state index contributed by atoms with van der Waals surface area (Å²) in [5.41, 5.74) is 1.19. The number of rotatable bonds is 3. The van der Waals surface area contributed by atoms with Crippen molar-refractivity contribution in [2.75, 3.05) is 26.2 Å². The average molecular weight is 293 g/mol. The van der Waals surface area contributed by atoms with Crippen molar-refractivity contribution in [2.45, 2.75) is 38.5 Å². The summed E-state index contributed by atoms with van der Waals surface area (Å²) in [4.78, 5) is 19.3. The maximum Gasteiger partial charge on any atom is 0.227 e. The van der Waals surface area contributed by atoms with Crippen molar-refractivity contribution in [3.63, 3.8) is 0 Å². The second kappa shape index (κ2) is 6.22. The lowest BCUT2D eigenvalue weighted by atomic mass is 9.96. The van der Waals surface area contributed by atoms with Crippen molar-refractivity contribution >= 4 is 17.2 Å². The quantitative estimate of drug-likeness (QED) is 0.927. The second-order valence-electron chi connectivity index (χ2n) is 5.84. The van der Waals surface area contributed by atoms with Gasteiger partial charge in [-0.1, -0.05) is 6.92 Å². The van der Waals surface area contributed by atoms with Gasteiger partial charge in [-0.05, 0) is 32.2 Å². The van der Waals surface area contributed by atoms with Crippen LogP contribution >= 0.6 is 11.3 Å². The molecule has 1 N–H and O–H groups in total. The largest absolute Gasteiger partial charge is 0.342 e. The highest BCUT2D eigenvalue weighted by molar-refractivity contribution is 7.09. The van der Waals surface area contributed by atoms with Gasteiger partial charge in [0.15, 0.2) is 0 Å². The number of carbonyl (C=O) groups excluding carboxylic acids is 1. The molecule has 0 aliphatic carbocycles. The molecule has 1 aromatic rings. The lowest BCUT2D eigenvalue weighted by Gasteiger charge is -2.33. The number of likely N-dealkylation sites (tertiary alicyclic amines) is 1. The zero-order valence-corrected chi connectivity index (χ0v) is 12.9. The molecule has 0 radical (unpaired) electrons. The van der Waals surface area contributed by atoms with Gasteiger partial charge >= 0.3 is 0 Å². The lowest BCUT2D eigenvalue weighted by molar-refractivity contribution is -0.136. The maximum atomic E-state index is 12.5. The van der Waals surface area contributed by atoms with E-state index in [1.54, 1.807) is 11.3 Å². The van der Waals surface area contributed by atoms with Crippen molar-refractivity contribution in [1.82, 2.24) is 15.2 Å². The monoisotopic (exact) mass is 293 g/mol. The smallest absolute Gasteiger partial charge is 0.227 e. The van der Waals surface area contributed by atoms with Crippen LogP contribution < -0.4 is 5.32 Å². The van der Waals surface area contributed by atoms with E-state index in [1.165, 1.54) is 17.1 Å². The number of nitrogens with zero attached hydrogens (tertiary/aromatic N) is 2. The molecule has 2 aliphatic rings. The zero-order valence-electron chi connectivity index (χ0n) is 12.1. The van der Waals surface area contributed by atoms with Gasteiger partial charge in [0.25, 0.3) is 0 Å². The minimum absolute atomic E-state index is 0.205. The summed E-state index contributed by atoms with van der Waals surface area (Å²) in [6.07, 6.45) is 4.28. The highest BCUT2D eigenvalue weighted by atomic mass is 32.1. The first-order chi connectivity index (χ1) is 9.78. The first-order valence-corrected chi connectivity index (χ1v) is 8.59. The van der Waals surface area contributed by atoms with Gasteiger partial charge in [0.2, 0.25) is 5.91 Å². The summed E-state index contributed by atoms with van der Waals surface area (Å²) in [7, 11) is 0. The van der Waals surface area contributed by atoms with Gasteiger partial charge in [-0.15, -0.1) is 11.3 Å². The summed E-state index contributed by atoms with van der Waals surface area (Å²) >= 11 is 1.77. The molecular formula is C15H23N3OS. The molecule has 4 nitrogen and oxygen atoms in total. The summed E-state index contributed by atoms with van der Waals surface area (Å²) < 4.78 is 0. The van der Waals surface area contributed by atoms with Crippen molar-refractivity contribution in [1.29, 1.82) is 0 Å². The Labute approximate surface area is 124 Å². The van der Waals surface area contributed by atoms with Gasteiger partial charge in [0.1, 0.15) is 0 Å². The van der Waals surface area contributed by atoms with Gasteiger partial charge in [0, 0.05) is 30.9 Å². The van der Waals surface area contributed by atoms with Crippen molar-refractivity contribution < 1.29 is 4.79 Å². The third-order valence-corrected chi connectivity index (χ3v) is 5.48. The standard InChI is InChI=1S/C15H23N3OS/c1-2-13-10-20-14(17-13)12-4-3-7-18(9-12)15(19)11-5-6-16-8-11/h10-12,16H,2-9H2,1H3. The van der Waals surface area contributed by atoms with Crippen LogP contribution in [0, 0.1) is 5.92 Å². The van der Waals surface area contributed by atoms with Crippen LogP contribution in [0.4, 0.5) is 0 Å². The number of thiazole rings is 1. The number of carbonyl (C=O) groups is 1. The van der Waals surface area contributed by atoms with Crippen LogP contribution in [0.25, 0.3) is 0 Å². The van der Waals surface area contributed by atoms with E-state index < -0.39 is 0 Å². The lowest BCUT2D eigenvalue weighted by Crippen LogP contribution is -2.42. The maximum absolute atomic E-state index is 12.5. The van der Waals surface area contributed by atoms with Crippen molar-refractivity contribution in [3.8, 4) is 0 Å². The van der Waals surface area contributed by atoms with Gasteiger partial charge in [-0.3, -0.25) is 4.79 Å². The molecule has 0 saturated carbocycles. The topological polar surface area (TPSA) is 45.2 Å². The molecule has 2 aliphatic heterocycles. The minimum Gasteiger partial charge on any atom is -0.342 e. The van der Waals surface area contributed by atoms with Crippen LogP contribution in [0.5, 0.6) is 0 Å². The highest BCUT2D eigenvalue weighted by Gasteiger charge is 2.31. The average Bonchev–Trinajstić information content (AvgIpc) is 3.17. The number of nitrogens with one attached hydrogen (secondary N) is 1. The van der Waals surface area contributed by atoms with E-state index in [4.69, 9.17) is 4.98 Å². The Morgan fingerprint density at radius 3 is 3.15 bits per heavy atom. The fourth-order valence-electron chi connectivity index (χ4n) is 3.18. The number of aryl methyl sites for hydroxylation is 1. The normalized spacial score (nSPS) is 26.9. The fourth-order valence-corrected chi connectivity index (χ4v) is 4.21. The van der Waals surface area contributed by atoms with E-state index in [-0.39, 0.29) is 5.92 Å². The highest BCUT2D eigenvalue weighted by Crippen LogP contribution is 2.30. The zero-order chi connectivity index (χ0) is 13.9. The molecule has 2 unspecified atom stereocenters. The van der Waals surface area contributed by atoms with Gasteiger partial charge in [-0.25, -0.2) is 4.98 Å². The Hall–Kier alpha value is -0.940. The molecule has 20 heavy (non-hydrogen) atoms. The van der Waals surface area contributed by atoms with Gasteiger partial charge < -0.3 is 10.2 Å². The molecule has 3 rings (SSSR count). The molecule has 5 heteroatoms. The molecule has 0 aromatic carbocycles. The fraction of sp³-hybridized carbons (Fsp3) is 0.733. The van der Waals surface area contributed by atoms with Crippen LogP contribution in [0.15, 0.2) is 5.38 Å². The Morgan fingerprint density at radius 1 is 1.55 bits per heavy atom. The van der Waals surface area contributed by atoms with Crippen LogP contribution in [-0.4, -0.2) is 42.0 Å². The first-order valence-electron chi connectivity index (χ1n) is 7.71. The minimum atomic E-state index is 0.205. The summed E-state index contributed by atoms with van der Waals surface area (Å²) in [5.74, 6) is 1.01. The molecule has 2 saturated heterocycles. The van der Waals surface area contributed by atoms with Crippen LogP contribution in [0.1, 0.15) is 42.8 Å². The van der Waals surface area contributed by atoms with E-state index >= 15 is 0 Å². The number of piperidine rings is 1. The van der Waals surface area contributed by atoms with Gasteiger partial charge in [0.05, 0.1) is 16.6 Å². The molecular weight excluding hydrogens is 270 g/mol. The second-order valence-corrected chi connectivity index (χ2v) is 6.73. The molecule has 3 heterocycles. The molecule has 0 spiro atoms. The first kappa shape index (κ1) is 14.0. The Balaban J connectivity index is 1.65. The van der Waals surface area contributed by atoms with E-state index in [2.05, 4.69) is 22.5 Å². The van der Waals surface area contributed by atoms with E-state index in [0.717, 1.165) is 45.4 Å². The van der Waals surface area contributed by atoms with E-state index in [9.17, 15) is 4.79 Å². The third kappa shape index (κ3) is 2.88. The van der Waals surface area contributed by atoms with E-state index in [1.807, 2.05) is 0 Å². The Bertz CT molecular complexity index is 467. The molecule has 2 fully saturated rings. The third-order valence-electron chi connectivity index (χ3n) is 4.42. The van der Waals surface area contributed by atoms with Crippen LogP contribution in [0.2, 0.25) is 0 Å². The van der Waals surface area contributed by atoms with Gasteiger partial charge in [-0.2, -0.15) is 0 Å². The summed E-state index contributed by atoms with van der Waals surface area (Å²) in [6, 6.07) is 0. The molecule has 110 valence electrons. The van der Waals surface area contributed by atoms with Crippen LogP contribution in [0.3, 0.4) is 0 Å². The SMILES string of the molecule is CCc1csc(C2CCCN(C(=O)C3CCNC3)C2)n1. The predicted molar refractivity (Wildman–Crippen MR) is 81.0 cm³/mol. The van der Waals surface area contributed by atoms with Crippen LogP contribution in [-0.2, 0) is 11.2 Å². The Morgan fingerprint density at radius 2 is 2.45 bits per heavy atom. The Kier molecular flexibility index (Phi) is 4.36. The number of hydrogen-bond acceptors (Lipinski definition) is 4.